The van der Waals surface area contributed by atoms with Crippen molar-refractivity contribution >= 4 is 29.9 Å². The number of aromatic nitrogens is 3. The Labute approximate surface area is 189 Å². The van der Waals surface area contributed by atoms with E-state index in [1.165, 1.54) is 5.56 Å². The zero-order chi connectivity index (χ0) is 19.8. The van der Waals surface area contributed by atoms with Crippen molar-refractivity contribution in [3.05, 3.63) is 35.9 Å². The molecule has 1 aromatic heterocycles. The van der Waals surface area contributed by atoms with E-state index in [0.717, 1.165) is 55.4 Å². The van der Waals surface area contributed by atoms with Gasteiger partial charge in [0.1, 0.15) is 30.3 Å². The molecule has 0 aliphatic carbocycles. The van der Waals surface area contributed by atoms with Gasteiger partial charge in [0.2, 0.25) is 0 Å². The Morgan fingerprint density at radius 3 is 2.79 bits per heavy atom. The molecule has 2 heterocycles. The van der Waals surface area contributed by atoms with E-state index >= 15 is 0 Å². The predicted octanol–water partition coefficient (Wildman–Crippen LogP) is 2.76. The van der Waals surface area contributed by atoms with Gasteiger partial charge in [-0.15, -0.1) is 34.2 Å². The molecule has 1 aliphatic rings. The lowest BCUT2D eigenvalue weighted by Crippen LogP contribution is -2.37. The van der Waals surface area contributed by atoms with Crippen LogP contribution in [0.25, 0.3) is 0 Å². The summed E-state index contributed by atoms with van der Waals surface area (Å²) in [5.41, 5.74) is 2.29. The SMILES string of the molecule is CCOc1cc2c(cc1CNC(=NC)NCCCCn1cnnc1)OC(C)C2.I. The van der Waals surface area contributed by atoms with Crippen LogP contribution in [0.1, 0.15) is 37.8 Å². The maximum atomic E-state index is 5.90. The van der Waals surface area contributed by atoms with Crippen molar-refractivity contribution < 1.29 is 9.47 Å². The van der Waals surface area contributed by atoms with E-state index in [9.17, 15) is 0 Å². The number of ether oxygens (including phenoxy) is 2. The van der Waals surface area contributed by atoms with E-state index in [0.29, 0.717) is 13.2 Å². The number of fused-ring (bicyclic) bond motifs is 1. The van der Waals surface area contributed by atoms with Crippen molar-refractivity contribution in [1.29, 1.82) is 0 Å². The van der Waals surface area contributed by atoms with Crippen LogP contribution in [0.3, 0.4) is 0 Å². The van der Waals surface area contributed by atoms with Gasteiger partial charge in [0, 0.05) is 44.2 Å². The highest BCUT2D eigenvalue weighted by atomic mass is 127. The zero-order valence-electron chi connectivity index (χ0n) is 17.4. The molecule has 0 amide bonds. The Morgan fingerprint density at radius 2 is 2.07 bits per heavy atom. The van der Waals surface area contributed by atoms with Crippen LogP contribution in [0, 0.1) is 0 Å². The molecule has 0 radical (unpaired) electrons. The highest BCUT2D eigenvalue weighted by molar-refractivity contribution is 14.0. The molecule has 0 spiro atoms. The summed E-state index contributed by atoms with van der Waals surface area (Å²) in [6.45, 7) is 7.14. The molecule has 160 valence electrons. The van der Waals surface area contributed by atoms with Gasteiger partial charge in [0.15, 0.2) is 5.96 Å². The van der Waals surface area contributed by atoms with Gasteiger partial charge in [-0.1, -0.05) is 0 Å². The zero-order valence-corrected chi connectivity index (χ0v) is 19.7. The Morgan fingerprint density at radius 1 is 1.28 bits per heavy atom. The van der Waals surface area contributed by atoms with Crippen LogP contribution in [-0.4, -0.2) is 47.0 Å². The Kier molecular flexibility index (Phi) is 9.49. The molecule has 0 bridgehead atoms. The lowest BCUT2D eigenvalue weighted by molar-refractivity contribution is 0.254. The van der Waals surface area contributed by atoms with Gasteiger partial charge < -0.3 is 24.7 Å². The standard InChI is InChI=1S/C20H30N6O2.HI/c1-4-27-18-10-16-9-15(2)28-19(16)11-17(18)12-23-20(21-3)22-7-5-6-8-26-13-24-25-14-26;/h10-11,13-15H,4-9,12H2,1-3H3,(H2,21,22,23);1H. The monoisotopic (exact) mass is 514 g/mol. The Bertz CT molecular complexity index is 782. The third-order valence-electron chi connectivity index (χ3n) is 4.65. The van der Waals surface area contributed by atoms with Gasteiger partial charge in [-0.3, -0.25) is 4.99 Å². The van der Waals surface area contributed by atoms with Crippen LogP contribution in [0.5, 0.6) is 11.5 Å². The first-order valence-electron chi connectivity index (χ1n) is 9.91. The number of guanidine groups is 1. The number of rotatable bonds is 9. The van der Waals surface area contributed by atoms with Crippen LogP contribution in [0.15, 0.2) is 29.8 Å². The molecule has 0 saturated heterocycles. The molecule has 2 N–H and O–H groups in total. The van der Waals surface area contributed by atoms with Gasteiger partial charge in [-0.25, -0.2) is 0 Å². The fraction of sp³-hybridized carbons (Fsp3) is 0.550. The first-order valence-corrected chi connectivity index (χ1v) is 9.91. The molecule has 1 aliphatic heterocycles. The van der Waals surface area contributed by atoms with Gasteiger partial charge in [-0.2, -0.15) is 0 Å². The second-order valence-corrected chi connectivity index (χ2v) is 6.89. The predicted molar refractivity (Wildman–Crippen MR) is 124 cm³/mol. The van der Waals surface area contributed by atoms with Crippen LogP contribution in [0.2, 0.25) is 0 Å². The summed E-state index contributed by atoms with van der Waals surface area (Å²) in [7, 11) is 1.78. The maximum Gasteiger partial charge on any atom is 0.191 e. The van der Waals surface area contributed by atoms with Gasteiger partial charge in [-0.05, 0) is 38.8 Å². The van der Waals surface area contributed by atoms with E-state index in [2.05, 4.69) is 44.9 Å². The van der Waals surface area contributed by atoms with E-state index in [1.54, 1.807) is 19.7 Å². The minimum Gasteiger partial charge on any atom is -0.494 e. The highest BCUT2D eigenvalue weighted by Gasteiger charge is 2.21. The number of aryl methyl sites for hydroxylation is 1. The van der Waals surface area contributed by atoms with Crippen molar-refractivity contribution in [2.45, 2.75) is 52.3 Å². The summed E-state index contributed by atoms with van der Waals surface area (Å²) < 4.78 is 13.7. The summed E-state index contributed by atoms with van der Waals surface area (Å²) in [5, 5.41) is 14.3. The summed E-state index contributed by atoms with van der Waals surface area (Å²) in [4.78, 5) is 4.31. The topological polar surface area (TPSA) is 85.6 Å². The van der Waals surface area contributed by atoms with Crippen LogP contribution < -0.4 is 20.1 Å². The van der Waals surface area contributed by atoms with E-state index in [4.69, 9.17) is 9.47 Å². The molecule has 8 nitrogen and oxygen atoms in total. The number of unbranched alkanes of at least 4 members (excludes halogenated alkanes) is 1. The van der Waals surface area contributed by atoms with Crippen molar-refractivity contribution in [2.75, 3.05) is 20.2 Å². The van der Waals surface area contributed by atoms with E-state index < -0.39 is 0 Å². The Hall–Kier alpha value is -2.04. The molecule has 2 aromatic rings. The number of hydrogen-bond acceptors (Lipinski definition) is 5. The lowest BCUT2D eigenvalue weighted by atomic mass is 10.1. The largest absolute Gasteiger partial charge is 0.494 e. The van der Waals surface area contributed by atoms with Crippen LogP contribution in [-0.2, 0) is 19.5 Å². The van der Waals surface area contributed by atoms with Crippen molar-refractivity contribution in [1.82, 2.24) is 25.4 Å². The fourth-order valence-corrected chi connectivity index (χ4v) is 3.27. The molecule has 1 aromatic carbocycles. The second kappa shape index (κ2) is 11.8. The van der Waals surface area contributed by atoms with E-state index in [1.807, 2.05) is 11.5 Å². The number of nitrogens with zero attached hydrogens (tertiary/aromatic N) is 4. The van der Waals surface area contributed by atoms with Crippen LogP contribution >= 0.6 is 24.0 Å². The minimum absolute atomic E-state index is 0. The molecule has 0 fully saturated rings. The average molecular weight is 514 g/mol. The van der Waals surface area contributed by atoms with Crippen molar-refractivity contribution in [3.63, 3.8) is 0 Å². The number of aliphatic imine (C=N–C) groups is 1. The minimum atomic E-state index is 0. The molecular formula is C20H31IN6O2. The first-order chi connectivity index (χ1) is 13.7. The number of benzene rings is 1. The molecule has 0 saturated carbocycles. The summed E-state index contributed by atoms with van der Waals surface area (Å²) in [5.74, 6) is 2.65. The van der Waals surface area contributed by atoms with Crippen molar-refractivity contribution in [3.8, 4) is 11.5 Å². The second-order valence-electron chi connectivity index (χ2n) is 6.89. The third-order valence-corrected chi connectivity index (χ3v) is 4.65. The molecule has 1 unspecified atom stereocenters. The van der Waals surface area contributed by atoms with Gasteiger partial charge in [0.25, 0.3) is 0 Å². The number of hydrogen-bond donors (Lipinski definition) is 2. The molecule has 1 atom stereocenters. The highest BCUT2D eigenvalue weighted by Crippen LogP contribution is 2.35. The van der Waals surface area contributed by atoms with Gasteiger partial charge in [0.05, 0.1) is 6.61 Å². The van der Waals surface area contributed by atoms with Gasteiger partial charge >= 0.3 is 0 Å². The smallest absolute Gasteiger partial charge is 0.191 e. The maximum absolute atomic E-state index is 5.90. The number of halogens is 1. The number of nitrogens with one attached hydrogen (secondary N) is 2. The Balaban J connectivity index is 0.00000300. The summed E-state index contributed by atoms with van der Waals surface area (Å²) in [6, 6.07) is 4.20. The summed E-state index contributed by atoms with van der Waals surface area (Å²) in [6.07, 6.45) is 6.72. The van der Waals surface area contributed by atoms with Crippen LogP contribution in [0.4, 0.5) is 0 Å². The molecule has 29 heavy (non-hydrogen) atoms. The average Bonchev–Trinajstić information content (AvgIpc) is 3.32. The summed E-state index contributed by atoms with van der Waals surface area (Å²) >= 11 is 0. The lowest BCUT2D eigenvalue weighted by Gasteiger charge is -2.15. The van der Waals surface area contributed by atoms with E-state index in [-0.39, 0.29) is 30.1 Å². The molecule has 9 heteroatoms. The quantitative estimate of drug-likeness (QED) is 0.232. The molecular weight excluding hydrogens is 483 g/mol. The normalized spacial score (nSPS) is 15.3. The van der Waals surface area contributed by atoms with Crippen molar-refractivity contribution in [2.24, 2.45) is 4.99 Å². The third kappa shape index (κ3) is 6.76. The molecule has 3 rings (SSSR count). The first kappa shape index (κ1) is 23.2. The fourth-order valence-electron chi connectivity index (χ4n) is 3.27.